The Morgan fingerprint density at radius 1 is 1.00 bits per heavy atom. The summed E-state index contributed by atoms with van der Waals surface area (Å²) in [7, 11) is 0. The van der Waals surface area contributed by atoms with Crippen LogP contribution in [0.4, 0.5) is 0 Å². The molecule has 0 aromatic carbocycles. The number of aliphatic carboxylic acids is 2. The van der Waals surface area contributed by atoms with E-state index in [9.17, 15) is 4.79 Å². The number of carboxylic acid groups (broad SMARTS) is 2. The van der Waals surface area contributed by atoms with Crippen molar-refractivity contribution >= 4 is 35.3 Å². The molecule has 0 aliphatic carbocycles. The van der Waals surface area contributed by atoms with Crippen LogP contribution in [0.25, 0.3) is 0 Å². The number of carbonyl (C=O) groups excluding carboxylic acids is 1. The minimum absolute atomic E-state index is 0. The zero-order valence-electron chi connectivity index (χ0n) is 7.88. The second-order valence-corrected chi connectivity index (χ2v) is 1.70. The Labute approximate surface area is 96.3 Å². The van der Waals surface area contributed by atoms with Gasteiger partial charge < -0.3 is 10.2 Å². The maximum atomic E-state index is 9.53. The molecule has 0 saturated heterocycles. The van der Waals surface area contributed by atoms with Crippen LogP contribution in [0.2, 0.25) is 0 Å². The van der Waals surface area contributed by atoms with E-state index in [1.54, 1.807) is 0 Å². The van der Waals surface area contributed by atoms with Crippen molar-refractivity contribution in [3.05, 3.63) is 4.91 Å². The van der Waals surface area contributed by atoms with E-state index < -0.39 is 17.9 Å². The molecule has 0 aromatic heterocycles. The van der Waals surface area contributed by atoms with E-state index in [0.29, 0.717) is 0 Å². The van der Waals surface area contributed by atoms with Gasteiger partial charge in [0.25, 0.3) is 11.9 Å². The molecule has 0 bridgehead atoms. The number of rotatable bonds is 1. The maximum Gasteiger partial charge on any atom is 0.335 e. The van der Waals surface area contributed by atoms with Crippen molar-refractivity contribution < 1.29 is 29.4 Å². The molecule has 0 aliphatic rings. The molecule has 0 aliphatic heterocycles. The van der Waals surface area contributed by atoms with Crippen molar-refractivity contribution in [1.82, 2.24) is 0 Å². The molecule has 0 spiro atoms. The molecule has 2 N–H and O–H groups in total. The molecule has 0 amide bonds. The van der Waals surface area contributed by atoms with Gasteiger partial charge >= 0.3 is 5.97 Å². The lowest BCUT2D eigenvalue weighted by molar-refractivity contribution is -0.141. The van der Waals surface area contributed by atoms with E-state index >= 15 is 0 Å². The second kappa shape index (κ2) is 18.4. The third-order valence-electron chi connectivity index (χ3n) is 0.166. The third-order valence-corrected chi connectivity index (χ3v) is 0.166. The molecule has 9 heteroatoms. The average Bonchev–Trinajstić information content (AvgIpc) is 1.82. The SMILES string of the molecule is CC(=O)O.CC(=O)O.CC(=O)ON=O.[AlH3]. The highest BCUT2D eigenvalue weighted by molar-refractivity contribution is 5.75. The van der Waals surface area contributed by atoms with E-state index in [0.717, 1.165) is 20.8 Å². The fourth-order valence-corrected chi connectivity index (χ4v) is 0.0525. The topological polar surface area (TPSA) is 130 Å². The summed E-state index contributed by atoms with van der Waals surface area (Å²) >= 11 is 0. The first-order valence-electron chi connectivity index (χ1n) is 3.13. The van der Waals surface area contributed by atoms with Gasteiger partial charge in [-0.05, 0) is 0 Å². The Bertz CT molecular complexity index is 186. The largest absolute Gasteiger partial charge is 0.481 e. The van der Waals surface area contributed by atoms with Gasteiger partial charge in [0.05, 0.1) is 0 Å². The lowest BCUT2D eigenvalue weighted by Crippen LogP contribution is -1.87. The van der Waals surface area contributed by atoms with Gasteiger partial charge in [-0.3, -0.25) is 14.4 Å². The van der Waals surface area contributed by atoms with Crippen LogP contribution in [0, 0.1) is 4.91 Å². The zero-order chi connectivity index (χ0) is 12.1. The summed E-state index contributed by atoms with van der Waals surface area (Å²) in [4.78, 5) is 39.9. The first-order valence-corrected chi connectivity index (χ1v) is 3.13. The van der Waals surface area contributed by atoms with Gasteiger partial charge in [-0.15, -0.1) is 4.91 Å². The lowest BCUT2D eigenvalue weighted by Gasteiger charge is -1.75. The van der Waals surface area contributed by atoms with Crippen LogP contribution >= 0.6 is 0 Å². The predicted octanol–water partition coefficient (Wildman–Crippen LogP) is -0.771. The number of hydrogen-bond acceptors (Lipinski definition) is 6. The van der Waals surface area contributed by atoms with Crippen LogP contribution in [-0.4, -0.2) is 45.5 Å². The Morgan fingerprint density at radius 3 is 1.20 bits per heavy atom. The first kappa shape index (κ1) is 23.4. The molecule has 0 rings (SSSR count). The highest BCUT2D eigenvalue weighted by Gasteiger charge is 1.84. The van der Waals surface area contributed by atoms with Gasteiger partial charge in [0.15, 0.2) is 22.7 Å². The monoisotopic (exact) mass is 239 g/mol. The summed E-state index contributed by atoms with van der Waals surface area (Å²) < 4.78 is 0. The normalized spacial score (nSPS) is 6.07. The van der Waals surface area contributed by atoms with E-state index in [-0.39, 0.29) is 17.4 Å². The van der Waals surface area contributed by atoms with E-state index in [2.05, 4.69) is 4.84 Å². The molecule has 15 heavy (non-hydrogen) atoms. The standard InChI is InChI=1S/C2H3NO3.2C2H4O2.Al.3H/c1-2(4)6-3-5;2*1-2(3)4;;;;/h1H3;2*1H3,(H,3,4);;;;. The summed E-state index contributed by atoms with van der Waals surface area (Å²) in [6.45, 7) is 3.27. The molecule has 0 heterocycles. The van der Waals surface area contributed by atoms with Crippen molar-refractivity contribution in [3.8, 4) is 0 Å². The van der Waals surface area contributed by atoms with E-state index in [1.165, 1.54) is 0 Å². The van der Waals surface area contributed by atoms with Gasteiger partial charge in [0, 0.05) is 20.8 Å². The smallest absolute Gasteiger partial charge is 0.335 e. The highest BCUT2D eigenvalue weighted by Crippen LogP contribution is 1.70. The molecule has 0 atom stereocenters. The van der Waals surface area contributed by atoms with E-state index in [4.69, 9.17) is 24.7 Å². The van der Waals surface area contributed by atoms with Gasteiger partial charge in [-0.25, -0.2) is 4.79 Å². The van der Waals surface area contributed by atoms with Crippen LogP contribution in [0.1, 0.15) is 20.8 Å². The summed E-state index contributed by atoms with van der Waals surface area (Å²) in [6.07, 6.45) is 0. The molecule has 0 unspecified atom stereocenters. The molecular weight excluding hydrogens is 225 g/mol. The third kappa shape index (κ3) is 586. The molecule has 0 aromatic rings. The van der Waals surface area contributed by atoms with Crippen molar-refractivity contribution in [1.29, 1.82) is 0 Å². The minimum atomic E-state index is -0.833. The van der Waals surface area contributed by atoms with Crippen LogP contribution in [0.5, 0.6) is 0 Å². The number of carboxylic acids is 2. The van der Waals surface area contributed by atoms with Crippen LogP contribution in [-0.2, 0) is 19.2 Å². The van der Waals surface area contributed by atoms with Gasteiger partial charge in [0.2, 0.25) is 0 Å². The summed E-state index contributed by atoms with van der Waals surface area (Å²) in [6, 6.07) is 0. The van der Waals surface area contributed by atoms with Crippen LogP contribution in [0.3, 0.4) is 0 Å². The van der Waals surface area contributed by atoms with Crippen molar-refractivity contribution in [2.45, 2.75) is 20.8 Å². The van der Waals surface area contributed by atoms with Crippen molar-refractivity contribution in [3.63, 3.8) is 0 Å². The zero-order valence-corrected chi connectivity index (χ0v) is 7.88. The Morgan fingerprint density at radius 2 is 1.20 bits per heavy atom. The van der Waals surface area contributed by atoms with Crippen molar-refractivity contribution in [2.75, 3.05) is 0 Å². The molecule has 8 nitrogen and oxygen atoms in total. The summed E-state index contributed by atoms with van der Waals surface area (Å²) in [5.41, 5.74) is 0. The predicted molar refractivity (Wildman–Crippen MR) is 54.1 cm³/mol. The van der Waals surface area contributed by atoms with Gasteiger partial charge in [-0.2, -0.15) is 0 Å². The molecule has 0 fully saturated rings. The lowest BCUT2D eigenvalue weighted by atomic mass is 10.8. The number of carbonyl (C=O) groups is 3. The minimum Gasteiger partial charge on any atom is -0.481 e. The molecule has 0 radical (unpaired) electrons. The molecular formula is C6H14AlNO7. The Kier molecular flexibility index (Phi) is 28.6. The summed E-state index contributed by atoms with van der Waals surface area (Å²) in [5.74, 6) is -2.36. The number of hydrogen-bond donors (Lipinski definition) is 2. The van der Waals surface area contributed by atoms with Crippen LogP contribution < -0.4 is 0 Å². The van der Waals surface area contributed by atoms with Gasteiger partial charge in [-0.1, -0.05) is 0 Å². The quantitative estimate of drug-likeness (QED) is 0.349. The van der Waals surface area contributed by atoms with Gasteiger partial charge in [0.1, 0.15) is 0 Å². The first-order chi connectivity index (χ1) is 6.23. The fraction of sp³-hybridized carbons (Fsp3) is 0.500. The molecule has 0 saturated carbocycles. The number of nitrogens with zero attached hydrogens (tertiary/aromatic N) is 1. The van der Waals surface area contributed by atoms with Crippen LogP contribution in [0.15, 0.2) is 5.34 Å². The Hall–Kier alpha value is -1.46. The Balaban J connectivity index is -0.0000000606. The fourth-order valence-electron chi connectivity index (χ4n) is 0.0525. The molecule has 88 valence electrons. The highest BCUT2D eigenvalue weighted by atomic mass is 27.0. The maximum absolute atomic E-state index is 9.53. The average molecular weight is 239 g/mol. The second-order valence-electron chi connectivity index (χ2n) is 1.70. The van der Waals surface area contributed by atoms with Crippen molar-refractivity contribution in [2.24, 2.45) is 5.34 Å². The van der Waals surface area contributed by atoms with E-state index in [1.807, 2.05) is 5.34 Å². The summed E-state index contributed by atoms with van der Waals surface area (Å²) in [5, 5.41) is 16.7.